The minimum atomic E-state index is 0. The van der Waals surface area contributed by atoms with E-state index in [0.717, 1.165) is 12.3 Å². The van der Waals surface area contributed by atoms with Crippen molar-refractivity contribution >= 4 is 10.8 Å². The second-order valence-electron chi connectivity index (χ2n) is 44.2. The minimum absolute atomic E-state index is 0. The van der Waals surface area contributed by atoms with Crippen LogP contribution < -0.4 is 0 Å². The van der Waals surface area contributed by atoms with Crippen LogP contribution >= 0.6 is 0 Å². The molecule has 0 heterocycles. The minimum Gasteiger partial charge on any atom is -0.180 e. The first-order valence-electron chi connectivity index (χ1n) is 49.2. The second-order valence-corrected chi connectivity index (χ2v) is 44.2. The summed E-state index contributed by atoms with van der Waals surface area (Å²) < 4.78 is 0. The van der Waals surface area contributed by atoms with Crippen LogP contribution in [0, 0.1) is 203 Å². The number of benzene rings is 10. The molecular formula is C126H184Ru4. The first kappa shape index (κ1) is 125. The number of rotatable bonds is 2. The molecule has 0 amide bonds. The van der Waals surface area contributed by atoms with Gasteiger partial charge in [-0.25, -0.2) is 0 Å². The van der Waals surface area contributed by atoms with E-state index in [2.05, 4.69) is 442 Å². The molecular weight excluding hydrogens is 1920 g/mol. The van der Waals surface area contributed by atoms with Crippen LogP contribution in [0.1, 0.15) is 393 Å². The van der Waals surface area contributed by atoms with Crippen molar-refractivity contribution in [3.63, 3.8) is 0 Å². The van der Waals surface area contributed by atoms with Gasteiger partial charge in [0.2, 0.25) is 0 Å². The van der Waals surface area contributed by atoms with E-state index in [1.165, 1.54) is 227 Å². The first-order valence-corrected chi connectivity index (χ1v) is 49.2. The molecule has 0 aromatic heterocycles. The fourth-order valence-electron chi connectivity index (χ4n) is 19.1. The Labute approximate surface area is 855 Å². The summed E-state index contributed by atoms with van der Waals surface area (Å²) in [6.07, 6.45) is 16.0. The van der Waals surface area contributed by atoms with Crippen LogP contribution in [0.3, 0.4) is 0 Å². The smallest absolute Gasteiger partial charge is 0.180 e. The molecule has 4 heteroatoms. The van der Waals surface area contributed by atoms with E-state index >= 15 is 0 Å². The van der Waals surface area contributed by atoms with E-state index in [9.17, 15) is 0 Å². The average molecular weight is 2100 g/mol. The van der Waals surface area contributed by atoms with Crippen molar-refractivity contribution in [3.8, 4) is 11.1 Å². The monoisotopic (exact) mass is 2110 g/mol. The fourth-order valence-corrected chi connectivity index (χ4v) is 19.1. The van der Waals surface area contributed by atoms with Gasteiger partial charge in [0.15, 0.2) is 0 Å². The molecule has 0 spiro atoms. The summed E-state index contributed by atoms with van der Waals surface area (Å²) in [5, 5.41) is 2.69. The van der Waals surface area contributed by atoms with Crippen molar-refractivity contribution in [1.82, 2.24) is 0 Å². The standard InChI is InChI=1S/C18H24.C18H21.C15H14.C14H22.C11H22.3C11H15.C10H16.C3H8.2C2H6.4Ru/c1-17(2,3)15-9-7-13-8-10-16(18(4,5)6)12-14(13)11-15;1-12-6-7-17(8-13(12)2)11-18-9-14(3)16(5)15(4)10-18;1-15(2)13-9-5-3-7-11(13)12-8-4-6-10-14(12)15;1-13(2,3)11-8-7-9-12(10-11)14(4,5)6;1-9-6-7-10(2,3)8-11(9,4)5;3*1-7-6-8(2)10(4)11(5)9(7)3;1-2-9-7-4-5-8(6-7)10(9)3-1;1-3-2;2*1-2;;;;/h7-12H,1-6H3;7-10H,11H2,1-5H3;3-10H,1-2H3;7-10H,1-6H3;9H,6-8H2,1-5H3;3*1-5H3;7-10H,1-6H2;3H2,1-2H3;2*1-2H3;;;;/q;-1;;;;3*-1;;;;;4*+1. The Bertz CT molecular complexity index is 4720. The zero-order chi connectivity index (χ0) is 96.0. The zero-order valence-electron chi connectivity index (χ0n) is 91.3. The summed E-state index contributed by atoms with van der Waals surface area (Å²) in [5.41, 5.74) is 43.3. The molecule has 0 nitrogen and oxygen atoms in total. The van der Waals surface area contributed by atoms with E-state index in [4.69, 9.17) is 0 Å². The van der Waals surface area contributed by atoms with Gasteiger partial charge < -0.3 is 0 Å². The van der Waals surface area contributed by atoms with E-state index in [1.54, 1.807) is 38.5 Å². The van der Waals surface area contributed by atoms with Crippen LogP contribution in [0.2, 0.25) is 0 Å². The van der Waals surface area contributed by atoms with Crippen LogP contribution in [0.25, 0.3) is 21.9 Å². The summed E-state index contributed by atoms with van der Waals surface area (Å²) in [5.74, 6) is 5.71. The molecule has 10 aromatic rings. The molecule has 4 saturated carbocycles. The van der Waals surface area contributed by atoms with Crippen LogP contribution in [0.15, 0.2) is 133 Å². The van der Waals surface area contributed by atoms with Crippen LogP contribution in [0.5, 0.6) is 0 Å². The molecule has 4 radical (unpaired) electrons. The van der Waals surface area contributed by atoms with E-state index < -0.39 is 0 Å². The average Bonchev–Trinajstić information content (AvgIpc) is 1.62. The predicted molar refractivity (Wildman–Crippen MR) is 565 cm³/mol. The number of hydrogen-bond donors (Lipinski definition) is 0. The molecule has 130 heavy (non-hydrogen) atoms. The molecule has 720 valence electrons. The first-order chi connectivity index (χ1) is 58.4. The molecule has 0 aliphatic heterocycles. The van der Waals surface area contributed by atoms with Crippen molar-refractivity contribution in [3.05, 3.63) is 314 Å². The van der Waals surface area contributed by atoms with Gasteiger partial charge in [0.25, 0.3) is 0 Å². The topological polar surface area (TPSA) is 0 Å². The maximum Gasteiger partial charge on any atom is 1.00 e. The Balaban J connectivity index is 0.00000143. The number of aryl methyl sites for hydroxylation is 10. The summed E-state index contributed by atoms with van der Waals surface area (Å²) in [6.45, 7) is 99.1. The molecule has 5 atom stereocenters. The van der Waals surface area contributed by atoms with Crippen molar-refractivity contribution in [2.75, 3.05) is 0 Å². The summed E-state index contributed by atoms with van der Waals surface area (Å²) >= 11 is 0. The third kappa shape index (κ3) is 35.5. The summed E-state index contributed by atoms with van der Waals surface area (Å²) in [4.78, 5) is 0. The molecule has 5 unspecified atom stereocenters. The molecule has 15 rings (SSSR count). The molecule has 5 aliphatic carbocycles. The van der Waals surface area contributed by atoms with E-state index in [-0.39, 0.29) is 105 Å². The third-order valence-corrected chi connectivity index (χ3v) is 29.3. The van der Waals surface area contributed by atoms with Gasteiger partial charge in [0.1, 0.15) is 0 Å². The maximum absolute atomic E-state index is 3.35. The largest absolute Gasteiger partial charge is 1.00 e. The van der Waals surface area contributed by atoms with Gasteiger partial charge in [-0.2, -0.15) is 137 Å². The molecule has 2 bridgehead atoms. The maximum atomic E-state index is 3.35. The Morgan fingerprint density at radius 2 is 0.662 bits per heavy atom. The third-order valence-electron chi connectivity index (χ3n) is 29.3. The van der Waals surface area contributed by atoms with Crippen molar-refractivity contribution < 1.29 is 77.9 Å². The van der Waals surface area contributed by atoms with E-state index in [1.807, 2.05) is 27.7 Å². The predicted octanol–water partition coefficient (Wildman–Crippen LogP) is 37.6. The molecule has 0 N–H and O–H groups in total. The molecule has 4 fully saturated rings. The van der Waals surface area contributed by atoms with Crippen LogP contribution in [-0.2, 0) is 111 Å². The SMILES string of the molecule is C1CC2C3CCC(C3)C2C1.CC.CC.CC(C)(C)c1ccc2ccc(C(C)(C)C)cc2c1.CC(C)(C)c1cccc(C(C)(C)C)c1.CC1(C)c2ccccc2-c2ccccc21.CC1CCC(C)(C)CC1(C)C.CCC.Cc1[c-]c(C)c(C)c(C)c1C.Cc1[c-]c(C)c(C)c(C)c1C.Cc1[c-]c(C)c(C)c(C)c1C.Cc1[c-]cc(Cc2cc(C)c(C)c(C)c2)cc1C.[Ru+].[Ru+].[Ru+].[Ru+]. The number of fused-ring (bicyclic) bond motifs is 9. The van der Waals surface area contributed by atoms with Gasteiger partial charge in [-0.1, -0.05) is 431 Å². The van der Waals surface area contributed by atoms with Gasteiger partial charge >= 0.3 is 77.9 Å². The van der Waals surface area contributed by atoms with Gasteiger partial charge in [-0.15, -0.1) is 0 Å². The quantitative estimate of drug-likeness (QED) is 0.120. The van der Waals surface area contributed by atoms with Gasteiger partial charge in [-0.05, 0) is 213 Å². The summed E-state index contributed by atoms with van der Waals surface area (Å²) in [7, 11) is 0. The number of hydrogen-bond acceptors (Lipinski definition) is 0. The second kappa shape index (κ2) is 54.8. The fraction of sp³-hybridized carbons (Fsp3) is 0.540. The van der Waals surface area contributed by atoms with Crippen LogP contribution in [-0.4, -0.2) is 0 Å². The Morgan fingerprint density at radius 1 is 0.338 bits per heavy atom. The molecule has 0 saturated heterocycles. The summed E-state index contributed by atoms with van der Waals surface area (Å²) in [6, 6.07) is 62.4. The zero-order valence-corrected chi connectivity index (χ0v) is 98.2. The Hall–Kier alpha value is -5.05. The van der Waals surface area contributed by atoms with Gasteiger partial charge in [-0.3, -0.25) is 0 Å². The van der Waals surface area contributed by atoms with Gasteiger partial charge in [0, 0.05) is 5.41 Å². The van der Waals surface area contributed by atoms with Crippen molar-refractivity contribution in [2.24, 2.45) is 40.4 Å². The van der Waals surface area contributed by atoms with Crippen LogP contribution in [0.4, 0.5) is 0 Å². The van der Waals surface area contributed by atoms with Crippen molar-refractivity contribution in [2.45, 2.75) is 409 Å². The van der Waals surface area contributed by atoms with E-state index in [0.29, 0.717) is 10.8 Å². The normalized spacial score (nSPS) is 16.8. The Kier molecular flexibility index (Phi) is 52.7. The molecule has 10 aromatic carbocycles. The Morgan fingerprint density at radius 3 is 0.977 bits per heavy atom. The van der Waals surface area contributed by atoms with Crippen molar-refractivity contribution in [1.29, 1.82) is 0 Å². The van der Waals surface area contributed by atoms with Gasteiger partial charge in [0.05, 0.1) is 0 Å². The molecule has 5 aliphatic rings.